The quantitative estimate of drug-likeness (QED) is 0.769. The second-order valence-corrected chi connectivity index (χ2v) is 8.59. The molecule has 138 valence electrons. The molecule has 8 nitrogen and oxygen atoms in total. The summed E-state index contributed by atoms with van der Waals surface area (Å²) in [5, 5.41) is 0. The van der Waals surface area contributed by atoms with E-state index in [0.29, 0.717) is 45.0 Å². The van der Waals surface area contributed by atoms with Gasteiger partial charge in [0.1, 0.15) is 6.10 Å². The van der Waals surface area contributed by atoms with Gasteiger partial charge >= 0.3 is 6.01 Å². The molecule has 0 radical (unpaired) electrons. The van der Waals surface area contributed by atoms with Crippen molar-refractivity contribution in [2.45, 2.75) is 31.8 Å². The third kappa shape index (κ3) is 4.66. The average Bonchev–Trinajstić information content (AvgIpc) is 2.62. The number of ether oxygens (including phenoxy) is 1. The number of sulfonamides is 1. The van der Waals surface area contributed by atoms with Crippen LogP contribution in [0.2, 0.25) is 0 Å². The van der Waals surface area contributed by atoms with Gasteiger partial charge in [-0.3, -0.25) is 4.79 Å². The third-order valence-electron chi connectivity index (χ3n) is 4.84. The molecule has 3 rings (SSSR count). The van der Waals surface area contributed by atoms with Gasteiger partial charge in [-0.25, -0.2) is 22.7 Å². The highest BCUT2D eigenvalue weighted by molar-refractivity contribution is 7.88. The van der Waals surface area contributed by atoms with Crippen molar-refractivity contribution in [1.82, 2.24) is 19.2 Å². The Bertz CT molecular complexity index is 681. The van der Waals surface area contributed by atoms with E-state index in [-0.39, 0.29) is 17.9 Å². The largest absolute Gasteiger partial charge is 0.460 e. The molecule has 0 N–H and O–H groups in total. The van der Waals surface area contributed by atoms with Gasteiger partial charge < -0.3 is 9.64 Å². The standard InChI is InChI=1S/C16H24N4O4S/c1-25(22,23)20-11-3-13(4-12-20)15(21)19-9-5-14(6-10-19)24-16-17-7-2-8-18-16/h2,7-8,13-14H,3-6,9-12H2,1H3. The number of nitrogens with zero attached hydrogens (tertiary/aromatic N) is 4. The first-order chi connectivity index (χ1) is 11.9. The lowest BCUT2D eigenvalue weighted by molar-refractivity contribution is -0.138. The first kappa shape index (κ1) is 18.1. The van der Waals surface area contributed by atoms with E-state index in [1.54, 1.807) is 18.5 Å². The Hall–Kier alpha value is -1.74. The molecule has 2 saturated heterocycles. The Morgan fingerprint density at radius 2 is 1.68 bits per heavy atom. The summed E-state index contributed by atoms with van der Waals surface area (Å²) in [7, 11) is -3.16. The molecule has 9 heteroatoms. The van der Waals surface area contributed by atoms with Crippen LogP contribution in [0.3, 0.4) is 0 Å². The lowest BCUT2D eigenvalue weighted by Gasteiger charge is -2.36. The SMILES string of the molecule is CS(=O)(=O)N1CCC(C(=O)N2CCC(Oc3ncccn3)CC2)CC1. The van der Waals surface area contributed by atoms with E-state index in [1.807, 2.05) is 4.90 Å². The molecule has 0 spiro atoms. The first-order valence-electron chi connectivity index (χ1n) is 8.61. The molecule has 0 unspecified atom stereocenters. The zero-order valence-electron chi connectivity index (χ0n) is 14.4. The lowest BCUT2D eigenvalue weighted by atomic mass is 9.95. The molecule has 1 aromatic heterocycles. The molecule has 2 fully saturated rings. The third-order valence-corrected chi connectivity index (χ3v) is 6.14. The number of carbonyl (C=O) groups is 1. The molecule has 3 heterocycles. The number of carbonyl (C=O) groups excluding carboxylic acids is 1. The van der Waals surface area contributed by atoms with Gasteiger partial charge in [0, 0.05) is 57.3 Å². The molecular weight excluding hydrogens is 344 g/mol. The maximum absolute atomic E-state index is 12.7. The molecule has 2 aliphatic heterocycles. The van der Waals surface area contributed by atoms with Gasteiger partial charge in [-0.15, -0.1) is 0 Å². The van der Waals surface area contributed by atoms with Gasteiger partial charge in [-0.1, -0.05) is 0 Å². The molecule has 0 aliphatic carbocycles. The fraction of sp³-hybridized carbons (Fsp3) is 0.688. The van der Waals surface area contributed by atoms with Crippen LogP contribution in [0.15, 0.2) is 18.5 Å². The molecule has 1 aromatic rings. The summed E-state index contributed by atoms with van der Waals surface area (Å²) in [6.45, 7) is 2.17. The van der Waals surface area contributed by atoms with E-state index >= 15 is 0 Å². The number of amides is 1. The Labute approximate surface area is 148 Å². The number of aromatic nitrogens is 2. The number of likely N-dealkylation sites (tertiary alicyclic amines) is 1. The van der Waals surface area contributed by atoms with Crippen LogP contribution in [0.1, 0.15) is 25.7 Å². The van der Waals surface area contributed by atoms with Gasteiger partial charge in [0.25, 0.3) is 0 Å². The van der Waals surface area contributed by atoms with E-state index in [2.05, 4.69) is 9.97 Å². The second kappa shape index (κ2) is 7.65. The number of rotatable bonds is 4. The minimum absolute atomic E-state index is 0.0264. The van der Waals surface area contributed by atoms with Crippen molar-refractivity contribution in [2.75, 3.05) is 32.4 Å². The van der Waals surface area contributed by atoms with Crippen LogP contribution < -0.4 is 4.74 Å². The molecule has 2 aliphatic rings. The Morgan fingerprint density at radius 1 is 1.08 bits per heavy atom. The van der Waals surface area contributed by atoms with Gasteiger partial charge in [-0.05, 0) is 18.9 Å². The van der Waals surface area contributed by atoms with E-state index in [1.165, 1.54) is 10.6 Å². The number of hydrogen-bond donors (Lipinski definition) is 0. The molecule has 25 heavy (non-hydrogen) atoms. The minimum atomic E-state index is -3.16. The summed E-state index contributed by atoms with van der Waals surface area (Å²) < 4.78 is 30.3. The summed E-state index contributed by atoms with van der Waals surface area (Å²) in [6, 6.07) is 2.11. The van der Waals surface area contributed by atoms with Crippen LogP contribution in [-0.4, -0.2) is 72.0 Å². The smallest absolute Gasteiger partial charge is 0.316 e. The molecule has 0 aromatic carbocycles. The Balaban J connectivity index is 1.46. The van der Waals surface area contributed by atoms with Crippen LogP contribution in [0, 0.1) is 5.92 Å². The van der Waals surface area contributed by atoms with Gasteiger partial charge in [0.15, 0.2) is 0 Å². The van der Waals surface area contributed by atoms with E-state index < -0.39 is 10.0 Å². The Morgan fingerprint density at radius 3 is 2.24 bits per heavy atom. The monoisotopic (exact) mass is 368 g/mol. The minimum Gasteiger partial charge on any atom is -0.460 e. The maximum Gasteiger partial charge on any atom is 0.316 e. The van der Waals surface area contributed by atoms with Crippen molar-refractivity contribution in [2.24, 2.45) is 5.92 Å². The van der Waals surface area contributed by atoms with Crippen LogP contribution in [-0.2, 0) is 14.8 Å². The van der Waals surface area contributed by atoms with E-state index in [4.69, 9.17) is 4.74 Å². The van der Waals surface area contributed by atoms with Crippen LogP contribution in [0.5, 0.6) is 6.01 Å². The molecule has 1 amide bonds. The first-order valence-corrected chi connectivity index (χ1v) is 10.5. The fourth-order valence-corrected chi connectivity index (χ4v) is 4.26. The highest BCUT2D eigenvalue weighted by atomic mass is 32.2. The maximum atomic E-state index is 12.7. The summed E-state index contributed by atoms with van der Waals surface area (Å²) in [4.78, 5) is 22.7. The zero-order chi connectivity index (χ0) is 17.9. The van der Waals surface area contributed by atoms with Crippen molar-refractivity contribution < 1.29 is 17.9 Å². The van der Waals surface area contributed by atoms with Gasteiger partial charge in [0.05, 0.1) is 6.26 Å². The molecule has 0 atom stereocenters. The second-order valence-electron chi connectivity index (χ2n) is 6.61. The van der Waals surface area contributed by atoms with Gasteiger partial charge in [-0.2, -0.15) is 0 Å². The summed E-state index contributed by atoms with van der Waals surface area (Å²) in [5.74, 6) is 0.0653. The number of piperidine rings is 2. The van der Waals surface area contributed by atoms with E-state index in [0.717, 1.165) is 12.8 Å². The van der Waals surface area contributed by atoms with E-state index in [9.17, 15) is 13.2 Å². The number of hydrogen-bond acceptors (Lipinski definition) is 6. The summed E-state index contributed by atoms with van der Waals surface area (Å²) in [5.41, 5.74) is 0. The topological polar surface area (TPSA) is 92.7 Å². The average molecular weight is 368 g/mol. The predicted molar refractivity (Wildman–Crippen MR) is 91.4 cm³/mol. The highest BCUT2D eigenvalue weighted by Gasteiger charge is 2.33. The highest BCUT2D eigenvalue weighted by Crippen LogP contribution is 2.24. The molecular formula is C16H24N4O4S. The van der Waals surface area contributed by atoms with Crippen LogP contribution in [0.4, 0.5) is 0 Å². The van der Waals surface area contributed by atoms with Gasteiger partial charge in [0.2, 0.25) is 15.9 Å². The van der Waals surface area contributed by atoms with Crippen molar-refractivity contribution >= 4 is 15.9 Å². The zero-order valence-corrected chi connectivity index (χ0v) is 15.2. The van der Waals surface area contributed by atoms with Crippen molar-refractivity contribution in [3.63, 3.8) is 0 Å². The summed E-state index contributed by atoms with van der Waals surface area (Å²) in [6.07, 6.45) is 7.24. The van der Waals surface area contributed by atoms with Crippen molar-refractivity contribution in [1.29, 1.82) is 0 Å². The normalized spacial score (nSPS) is 21.2. The molecule has 0 bridgehead atoms. The predicted octanol–water partition coefficient (Wildman–Crippen LogP) is 0.518. The van der Waals surface area contributed by atoms with Crippen molar-refractivity contribution in [3.05, 3.63) is 18.5 Å². The van der Waals surface area contributed by atoms with Crippen molar-refractivity contribution in [3.8, 4) is 6.01 Å². The van der Waals surface area contributed by atoms with Crippen LogP contribution >= 0.6 is 0 Å². The molecule has 0 saturated carbocycles. The Kier molecular flexibility index (Phi) is 5.53. The summed E-state index contributed by atoms with van der Waals surface area (Å²) >= 11 is 0. The lowest BCUT2D eigenvalue weighted by Crippen LogP contribution is -2.47. The van der Waals surface area contributed by atoms with Crippen LogP contribution in [0.25, 0.3) is 0 Å². The fourth-order valence-electron chi connectivity index (χ4n) is 3.38.